The van der Waals surface area contributed by atoms with Crippen LogP contribution in [-0.4, -0.2) is 60.4 Å². The Morgan fingerprint density at radius 2 is 1.94 bits per heavy atom. The lowest BCUT2D eigenvalue weighted by Gasteiger charge is -2.37. The van der Waals surface area contributed by atoms with Crippen molar-refractivity contribution in [3.05, 3.63) is 0 Å². The Balaban J connectivity index is 2.08. The Morgan fingerprint density at radius 1 is 1.22 bits per heavy atom. The first kappa shape index (κ1) is 14.2. The van der Waals surface area contributed by atoms with Crippen LogP contribution in [0.1, 0.15) is 26.7 Å². The van der Waals surface area contributed by atoms with E-state index in [2.05, 4.69) is 0 Å². The molecule has 0 aliphatic carbocycles. The molecule has 0 aromatic carbocycles. The molecule has 0 bridgehead atoms. The van der Waals surface area contributed by atoms with Crippen molar-refractivity contribution in [3.63, 3.8) is 0 Å². The van der Waals surface area contributed by atoms with E-state index < -0.39 is 30.2 Å². The van der Waals surface area contributed by atoms with Crippen molar-refractivity contribution in [2.45, 2.75) is 63.2 Å². The highest BCUT2D eigenvalue weighted by atomic mass is 16.8. The fraction of sp³-hybridized carbons (Fsp3) is 1.00. The summed E-state index contributed by atoms with van der Waals surface area (Å²) in [5.74, 6) is -0.777. The van der Waals surface area contributed by atoms with Crippen molar-refractivity contribution in [1.29, 1.82) is 0 Å². The van der Waals surface area contributed by atoms with E-state index in [1.165, 1.54) is 0 Å². The zero-order valence-electron chi connectivity index (χ0n) is 11.0. The second-order valence-electron chi connectivity index (χ2n) is 5.23. The van der Waals surface area contributed by atoms with Crippen molar-refractivity contribution in [3.8, 4) is 0 Å². The molecule has 2 aliphatic rings. The number of aliphatic hydroxyl groups is 2. The molecule has 2 N–H and O–H groups in total. The summed E-state index contributed by atoms with van der Waals surface area (Å²) in [6.07, 6.45) is -1.26. The van der Waals surface area contributed by atoms with Crippen molar-refractivity contribution in [2.24, 2.45) is 0 Å². The normalized spacial score (nSPS) is 44.2. The fourth-order valence-electron chi connectivity index (χ4n) is 2.56. The van der Waals surface area contributed by atoms with Crippen LogP contribution in [0.25, 0.3) is 0 Å². The molecule has 106 valence electrons. The van der Waals surface area contributed by atoms with Crippen molar-refractivity contribution >= 4 is 0 Å². The van der Waals surface area contributed by atoms with Gasteiger partial charge in [-0.25, -0.2) is 0 Å². The minimum Gasteiger partial charge on any atom is -0.394 e. The van der Waals surface area contributed by atoms with E-state index in [9.17, 15) is 10.2 Å². The van der Waals surface area contributed by atoms with E-state index in [0.29, 0.717) is 12.8 Å². The molecular weight excluding hydrogens is 240 g/mol. The van der Waals surface area contributed by atoms with E-state index in [1.54, 1.807) is 21.0 Å². The van der Waals surface area contributed by atoms with Crippen LogP contribution in [-0.2, 0) is 18.9 Å². The summed E-state index contributed by atoms with van der Waals surface area (Å²) in [4.78, 5) is 0. The molecule has 2 rings (SSSR count). The molecule has 0 aromatic rings. The summed E-state index contributed by atoms with van der Waals surface area (Å²) in [7, 11) is 1.57. The van der Waals surface area contributed by atoms with Gasteiger partial charge in [-0.05, 0) is 20.3 Å². The van der Waals surface area contributed by atoms with Gasteiger partial charge in [0.25, 0.3) is 0 Å². The Hall–Kier alpha value is -0.240. The third-order valence-electron chi connectivity index (χ3n) is 3.37. The molecule has 0 amide bonds. The van der Waals surface area contributed by atoms with E-state index in [1.807, 2.05) is 0 Å². The predicted octanol–water partition coefficient (Wildman–Crippen LogP) is 0.0112. The number of ether oxygens (including phenoxy) is 4. The number of aliphatic hydroxyl groups excluding tert-OH is 2. The maximum absolute atomic E-state index is 10.0. The summed E-state index contributed by atoms with van der Waals surface area (Å²) < 4.78 is 22.1. The smallest absolute Gasteiger partial charge is 0.164 e. The van der Waals surface area contributed by atoms with Gasteiger partial charge in [0.15, 0.2) is 12.1 Å². The van der Waals surface area contributed by atoms with Gasteiger partial charge in [-0.1, -0.05) is 0 Å². The topological polar surface area (TPSA) is 77.4 Å². The van der Waals surface area contributed by atoms with Crippen LogP contribution in [0.2, 0.25) is 0 Å². The average molecular weight is 262 g/mol. The SMILES string of the molecule is CO[C@@H]1CC[C@@H](O)[C@@H]([C@@H]2OC(C)(C)O[C@H]2CO)O1. The van der Waals surface area contributed by atoms with Gasteiger partial charge in [0.1, 0.15) is 18.3 Å². The first-order valence-corrected chi connectivity index (χ1v) is 6.29. The van der Waals surface area contributed by atoms with Gasteiger partial charge in [-0.3, -0.25) is 0 Å². The highest BCUT2D eigenvalue weighted by Crippen LogP contribution is 2.34. The maximum Gasteiger partial charge on any atom is 0.164 e. The molecule has 0 unspecified atom stereocenters. The molecule has 0 spiro atoms. The van der Waals surface area contributed by atoms with Gasteiger partial charge in [0.05, 0.1) is 12.7 Å². The third-order valence-corrected chi connectivity index (χ3v) is 3.37. The Labute approximate surface area is 107 Å². The van der Waals surface area contributed by atoms with Gasteiger partial charge in [0, 0.05) is 13.5 Å². The van der Waals surface area contributed by atoms with Gasteiger partial charge >= 0.3 is 0 Å². The standard InChI is InChI=1S/C12H22O6/c1-12(2)17-8(6-13)11(18-12)10-7(14)4-5-9(15-3)16-10/h7-11,13-14H,4-6H2,1-3H3/t7-,8+,9+,10+,11-/m1/s1. The lowest BCUT2D eigenvalue weighted by atomic mass is 9.97. The van der Waals surface area contributed by atoms with Crippen LogP contribution in [0.15, 0.2) is 0 Å². The van der Waals surface area contributed by atoms with E-state index >= 15 is 0 Å². The maximum atomic E-state index is 10.0. The summed E-state index contributed by atoms with van der Waals surface area (Å²) in [5, 5.41) is 19.4. The Bertz CT molecular complexity index is 282. The highest BCUT2D eigenvalue weighted by molar-refractivity contribution is 4.92. The molecule has 5 atom stereocenters. The van der Waals surface area contributed by atoms with Crippen molar-refractivity contribution in [1.82, 2.24) is 0 Å². The molecule has 6 heteroatoms. The molecule has 0 aromatic heterocycles. The summed E-state index contributed by atoms with van der Waals surface area (Å²) in [6, 6.07) is 0. The van der Waals surface area contributed by atoms with E-state index in [4.69, 9.17) is 18.9 Å². The molecular formula is C12H22O6. The number of hydrogen-bond donors (Lipinski definition) is 2. The van der Waals surface area contributed by atoms with Crippen LogP contribution in [0, 0.1) is 0 Å². The minimum atomic E-state index is -0.777. The van der Waals surface area contributed by atoms with Gasteiger partial charge in [-0.2, -0.15) is 0 Å². The molecule has 2 aliphatic heterocycles. The zero-order valence-corrected chi connectivity index (χ0v) is 11.0. The van der Waals surface area contributed by atoms with Crippen molar-refractivity contribution < 1.29 is 29.2 Å². The van der Waals surface area contributed by atoms with Crippen LogP contribution >= 0.6 is 0 Å². The van der Waals surface area contributed by atoms with Gasteiger partial charge in [-0.15, -0.1) is 0 Å². The molecule has 0 saturated carbocycles. The third kappa shape index (κ3) is 2.84. The minimum absolute atomic E-state index is 0.168. The zero-order chi connectivity index (χ0) is 13.3. The average Bonchev–Trinajstić information content (AvgIpc) is 2.65. The van der Waals surface area contributed by atoms with E-state index in [0.717, 1.165) is 0 Å². The molecule has 6 nitrogen and oxygen atoms in total. The Morgan fingerprint density at radius 3 is 2.56 bits per heavy atom. The van der Waals surface area contributed by atoms with Crippen LogP contribution < -0.4 is 0 Å². The molecule has 2 saturated heterocycles. The molecule has 2 fully saturated rings. The molecule has 18 heavy (non-hydrogen) atoms. The van der Waals surface area contributed by atoms with Crippen LogP contribution in [0.3, 0.4) is 0 Å². The molecule has 0 radical (unpaired) electrons. The largest absolute Gasteiger partial charge is 0.394 e. The monoisotopic (exact) mass is 262 g/mol. The summed E-state index contributed by atoms with van der Waals surface area (Å²) in [6.45, 7) is 3.38. The van der Waals surface area contributed by atoms with Gasteiger partial charge in [0.2, 0.25) is 0 Å². The van der Waals surface area contributed by atoms with Crippen LogP contribution in [0.5, 0.6) is 0 Å². The summed E-state index contributed by atoms with van der Waals surface area (Å²) >= 11 is 0. The fourth-order valence-corrected chi connectivity index (χ4v) is 2.56. The lowest BCUT2D eigenvalue weighted by Crippen LogP contribution is -2.51. The highest BCUT2D eigenvalue weighted by Gasteiger charge is 2.49. The van der Waals surface area contributed by atoms with Crippen LogP contribution in [0.4, 0.5) is 0 Å². The lowest BCUT2D eigenvalue weighted by molar-refractivity contribution is -0.245. The number of methoxy groups -OCH3 is 1. The second kappa shape index (κ2) is 5.40. The quantitative estimate of drug-likeness (QED) is 0.746. The first-order valence-electron chi connectivity index (χ1n) is 6.29. The first-order chi connectivity index (χ1) is 8.46. The molecule has 2 heterocycles. The van der Waals surface area contributed by atoms with Gasteiger partial charge < -0.3 is 29.2 Å². The summed E-state index contributed by atoms with van der Waals surface area (Å²) in [5.41, 5.74) is 0. The Kier molecular flexibility index (Phi) is 4.25. The van der Waals surface area contributed by atoms with Crippen molar-refractivity contribution in [2.75, 3.05) is 13.7 Å². The second-order valence-corrected chi connectivity index (χ2v) is 5.23. The van der Waals surface area contributed by atoms with E-state index in [-0.39, 0.29) is 12.9 Å². The number of hydrogen-bond acceptors (Lipinski definition) is 6. The predicted molar refractivity (Wildman–Crippen MR) is 61.8 cm³/mol. The number of rotatable bonds is 3.